The summed E-state index contributed by atoms with van der Waals surface area (Å²) < 4.78 is 1.64. The lowest BCUT2D eigenvalue weighted by atomic mass is 10.2. The summed E-state index contributed by atoms with van der Waals surface area (Å²) in [7, 11) is 0. The smallest absolute Gasteiger partial charge is 0.267 e. The summed E-state index contributed by atoms with van der Waals surface area (Å²) in [6, 6.07) is 11.3. The number of benzene rings is 1. The van der Waals surface area contributed by atoms with Crippen LogP contribution in [-0.4, -0.2) is 20.3 Å². The lowest BCUT2D eigenvalue weighted by molar-refractivity contribution is 0.788. The maximum Gasteiger partial charge on any atom is 0.267 e. The maximum atomic E-state index is 12.9. The highest BCUT2D eigenvalue weighted by atomic mass is 32.2. The molecule has 0 radical (unpaired) electrons. The fourth-order valence-electron chi connectivity index (χ4n) is 2.30. The van der Waals surface area contributed by atoms with E-state index in [9.17, 15) is 4.79 Å². The molecule has 0 saturated heterocycles. The molecule has 0 bridgehead atoms. The number of rotatable bonds is 4. The van der Waals surface area contributed by atoms with Crippen molar-refractivity contribution in [2.45, 2.75) is 25.4 Å². The van der Waals surface area contributed by atoms with Crippen molar-refractivity contribution >= 4 is 22.7 Å². The maximum absolute atomic E-state index is 12.9. The van der Waals surface area contributed by atoms with Crippen molar-refractivity contribution in [3.05, 3.63) is 58.5 Å². The molecule has 0 amide bonds. The number of thioether (sulfide) groups is 1. The van der Waals surface area contributed by atoms with Crippen LogP contribution in [-0.2, 0) is 0 Å². The van der Waals surface area contributed by atoms with E-state index in [2.05, 4.69) is 16.9 Å². The first-order chi connectivity index (χ1) is 10.7. The second-order valence-electron chi connectivity index (χ2n) is 5.04. The molecule has 4 nitrogen and oxygen atoms in total. The molecule has 0 aliphatic heterocycles. The van der Waals surface area contributed by atoms with Crippen molar-refractivity contribution in [1.29, 1.82) is 0 Å². The molecule has 2 heterocycles. The van der Waals surface area contributed by atoms with Crippen LogP contribution in [0.1, 0.15) is 18.9 Å². The average Bonchev–Trinajstić information content (AvgIpc) is 2.54. The zero-order chi connectivity index (χ0) is 15.5. The molecule has 5 heteroatoms. The van der Waals surface area contributed by atoms with Crippen molar-refractivity contribution in [3.63, 3.8) is 0 Å². The van der Waals surface area contributed by atoms with Gasteiger partial charge in [0.2, 0.25) is 0 Å². The molecule has 112 valence electrons. The van der Waals surface area contributed by atoms with Gasteiger partial charge in [-0.05, 0) is 37.1 Å². The summed E-state index contributed by atoms with van der Waals surface area (Å²) in [5, 5.41) is 1.32. The van der Waals surface area contributed by atoms with Crippen LogP contribution in [0, 0.1) is 6.92 Å². The topological polar surface area (TPSA) is 47.8 Å². The Morgan fingerprint density at radius 3 is 2.77 bits per heavy atom. The average molecular weight is 311 g/mol. The third-order valence-corrected chi connectivity index (χ3v) is 4.52. The van der Waals surface area contributed by atoms with E-state index in [-0.39, 0.29) is 5.56 Å². The summed E-state index contributed by atoms with van der Waals surface area (Å²) in [6.07, 6.45) is 2.73. The summed E-state index contributed by atoms with van der Waals surface area (Å²) in [6.45, 7) is 4.07. The second-order valence-corrected chi connectivity index (χ2v) is 6.11. The van der Waals surface area contributed by atoms with Gasteiger partial charge in [-0.15, -0.1) is 0 Å². The predicted molar refractivity (Wildman–Crippen MR) is 90.9 cm³/mol. The fourth-order valence-corrected chi connectivity index (χ4v) is 3.15. The van der Waals surface area contributed by atoms with Crippen molar-refractivity contribution in [2.75, 3.05) is 5.75 Å². The van der Waals surface area contributed by atoms with Gasteiger partial charge in [0.15, 0.2) is 5.16 Å². The van der Waals surface area contributed by atoms with Crippen LogP contribution < -0.4 is 5.56 Å². The summed E-state index contributed by atoms with van der Waals surface area (Å²) in [5.41, 5.74) is 1.63. The van der Waals surface area contributed by atoms with E-state index in [4.69, 9.17) is 0 Å². The highest BCUT2D eigenvalue weighted by molar-refractivity contribution is 7.99. The SMILES string of the molecule is CCCSc1nc2ccccc2c(=O)n1-c1ncccc1C. The van der Waals surface area contributed by atoms with E-state index in [1.54, 1.807) is 22.5 Å². The van der Waals surface area contributed by atoms with Gasteiger partial charge in [0.1, 0.15) is 5.82 Å². The molecule has 0 fully saturated rings. The number of fused-ring (bicyclic) bond motifs is 1. The molecule has 0 aliphatic rings. The normalized spacial score (nSPS) is 11.0. The molecule has 0 spiro atoms. The fraction of sp³-hybridized carbons (Fsp3) is 0.235. The number of aryl methyl sites for hydroxylation is 1. The van der Waals surface area contributed by atoms with Crippen LogP contribution >= 0.6 is 11.8 Å². The number of pyridine rings is 1. The Hall–Kier alpha value is -2.14. The van der Waals surface area contributed by atoms with Gasteiger partial charge in [-0.2, -0.15) is 0 Å². The standard InChI is InChI=1S/C17H17N3OS/c1-3-11-22-17-19-14-9-5-4-8-13(14)16(21)20(17)15-12(2)7-6-10-18-15/h4-10H,3,11H2,1-2H3. The molecule has 0 aliphatic carbocycles. The van der Waals surface area contributed by atoms with Gasteiger partial charge in [-0.1, -0.05) is 36.9 Å². The van der Waals surface area contributed by atoms with E-state index in [0.717, 1.165) is 23.3 Å². The molecular formula is C17H17N3OS. The van der Waals surface area contributed by atoms with Crippen LogP contribution in [0.3, 0.4) is 0 Å². The Balaban J connectivity index is 2.33. The minimum Gasteiger partial charge on any atom is -0.268 e. The van der Waals surface area contributed by atoms with Gasteiger partial charge in [-0.3, -0.25) is 4.79 Å². The molecule has 1 aromatic carbocycles. The number of hydrogen-bond donors (Lipinski definition) is 0. The second kappa shape index (κ2) is 6.32. The number of para-hydroxylation sites is 1. The van der Waals surface area contributed by atoms with Crippen molar-refractivity contribution < 1.29 is 0 Å². The number of nitrogens with zero attached hydrogens (tertiary/aromatic N) is 3. The number of hydrogen-bond acceptors (Lipinski definition) is 4. The molecular weight excluding hydrogens is 294 g/mol. The monoisotopic (exact) mass is 311 g/mol. The van der Waals surface area contributed by atoms with Crippen molar-refractivity contribution in [3.8, 4) is 5.82 Å². The van der Waals surface area contributed by atoms with Gasteiger partial charge < -0.3 is 0 Å². The summed E-state index contributed by atoms with van der Waals surface area (Å²) in [5.74, 6) is 1.57. The zero-order valence-corrected chi connectivity index (χ0v) is 13.4. The van der Waals surface area contributed by atoms with E-state index in [1.807, 2.05) is 43.3 Å². The van der Waals surface area contributed by atoms with Gasteiger partial charge in [0, 0.05) is 11.9 Å². The highest BCUT2D eigenvalue weighted by Crippen LogP contribution is 2.22. The lowest BCUT2D eigenvalue weighted by Gasteiger charge is -2.13. The summed E-state index contributed by atoms with van der Waals surface area (Å²) >= 11 is 1.59. The Morgan fingerprint density at radius 1 is 1.18 bits per heavy atom. The third kappa shape index (κ3) is 2.64. The number of aromatic nitrogens is 3. The minimum atomic E-state index is -0.0639. The highest BCUT2D eigenvalue weighted by Gasteiger charge is 2.15. The first kappa shape index (κ1) is 14.8. The first-order valence-electron chi connectivity index (χ1n) is 7.29. The summed E-state index contributed by atoms with van der Waals surface area (Å²) in [4.78, 5) is 22.0. The Labute approximate surface area is 133 Å². The van der Waals surface area contributed by atoms with E-state index in [1.165, 1.54) is 0 Å². The minimum absolute atomic E-state index is 0.0639. The molecule has 0 N–H and O–H groups in total. The lowest BCUT2D eigenvalue weighted by Crippen LogP contribution is -2.23. The molecule has 0 atom stereocenters. The molecule has 0 unspecified atom stereocenters. The molecule has 0 saturated carbocycles. The van der Waals surface area contributed by atoms with Gasteiger partial charge in [0.05, 0.1) is 10.9 Å². The molecule has 22 heavy (non-hydrogen) atoms. The van der Waals surface area contributed by atoms with Crippen LogP contribution in [0.5, 0.6) is 0 Å². The van der Waals surface area contributed by atoms with Crippen molar-refractivity contribution in [1.82, 2.24) is 14.5 Å². The van der Waals surface area contributed by atoms with Gasteiger partial charge >= 0.3 is 0 Å². The van der Waals surface area contributed by atoms with Crippen LogP contribution in [0.2, 0.25) is 0 Å². The first-order valence-corrected chi connectivity index (χ1v) is 8.27. The predicted octanol–water partition coefficient (Wildman–Crippen LogP) is 3.59. The Morgan fingerprint density at radius 2 is 2.00 bits per heavy atom. The zero-order valence-electron chi connectivity index (χ0n) is 12.6. The molecule has 2 aromatic heterocycles. The van der Waals surface area contributed by atoms with E-state index < -0.39 is 0 Å². The Kier molecular flexibility index (Phi) is 4.24. The largest absolute Gasteiger partial charge is 0.268 e. The Bertz CT molecular complexity index is 873. The van der Waals surface area contributed by atoms with Crippen LogP contribution in [0.4, 0.5) is 0 Å². The van der Waals surface area contributed by atoms with Gasteiger partial charge in [-0.25, -0.2) is 14.5 Å². The quantitative estimate of drug-likeness (QED) is 0.546. The van der Waals surface area contributed by atoms with E-state index >= 15 is 0 Å². The van der Waals surface area contributed by atoms with Crippen LogP contribution in [0.15, 0.2) is 52.5 Å². The van der Waals surface area contributed by atoms with Crippen LogP contribution in [0.25, 0.3) is 16.7 Å². The molecule has 3 aromatic rings. The third-order valence-electron chi connectivity index (χ3n) is 3.37. The van der Waals surface area contributed by atoms with Crippen molar-refractivity contribution in [2.24, 2.45) is 0 Å². The molecule has 3 rings (SSSR count). The van der Waals surface area contributed by atoms with E-state index in [0.29, 0.717) is 16.4 Å². The van der Waals surface area contributed by atoms with Gasteiger partial charge in [0.25, 0.3) is 5.56 Å².